The molecule has 0 bridgehead atoms. The van der Waals surface area contributed by atoms with Crippen molar-refractivity contribution in [3.05, 3.63) is 63.2 Å². The van der Waals surface area contributed by atoms with E-state index < -0.39 is 0 Å². The van der Waals surface area contributed by atoms with Gasteiger partial charge in [-0.25, -0.2) is 0 Å². The van der Waals surface area contributed by atoms with Crippen molar-refractivity contribution >= 4 is 44.7 Å². The Morgan fingerprint density at radius 2 is 1.85 bits per heavy atom. The van der Waals surface area contributed by atoms with E-state index in [-0.39, 0.29) is 17.3 Å². The van der Waals surface area contributed by atoms with Gasteiger partial charge in [-0.1, -0.05) is 29.5 Å². The number of nitrogens with one attached hydrogen (secondary N) is 1. The molecule has 0 unspecified atom stereocenters. The number of aromatic nitrogens is 2. The molecule has 0 radical (unpaired) electrons. The van der Waals surface area contributed by atoms with Gasteiger partial charge in [0, 0.05) is 45.1 Å². The number of hydrogen-bond acceptors (Lipinski definition) is 3. The number of anilines is 1. The van der Waals surface area contributed by atoms with Gasteiger partial charge >= 0.3 is 4.87 Å². The predicted molar refractivity (Wildman–Crippen MR) is 107 cm³/mol. The highest BCUT2D eigenvalue weighted by Crippen LogP contribution is 2.30. The molecule has 2 aromatic heterocycles. The standard InChI is InChI=1S/C20H19N3O2S/c1-3-22-17-7-5-4-6-15(17)16-10-14(8-9-18(16)22)21-19(24)11-23-13(2)12-26-20(23)25/h4-10,12H,3,11H2,1-2H3,(H,21,24). The molecule has 0 atom stereocenters. The number of carbonyl (C=O) groups excluding carboxylic acids is 1. The molecule has 2 heterocycles. The summed E-state index contributed by atoms with van der Waals surface area (Å²) in [6, 6.07) is 14.2. The van der Waals surface area contributed by atoms with Gasteiger partial charge in [0.25, 0.3) is 0 Å². The number of amides is 1. The van der Waals surface area contributed by atoms with Crippen LogP contribution in [0, 0.1) is 6.92 Å². The summed E-state index contributed by atoms with van der Waals surface area (Å²) in [7, 11) is 0. The fourth-order valence-corrected chi connectivity index (χ4v) is 4.15. The molecule has 132 valence electrons. The summed E-state index contributed by atoms with van der Waals surface area (Å²) >= 11 is 1.11. The lowest BCUT2D eigenvalue weighted by molar-refractivity contribution is -0.116. The van der Waals surface area contributed by atoms with Crippen LogP contribution in [0.3, 0.4) is 0 Å². The van der Waals surface area contributed by atoms with Crippen LogP contribution in [0.4, 0.5) is 5.69 Å². The normalized spacial score (nSPS) is 11.3. The summed E-state index contributed by atoms with van der Waals surface area (Å²) < 4.78 is 3.76. The first kappa shape index (κ1) is 16.6. The molecule has 5 nitrogen and oxygen atoms in total. The fourth-order valence-electron chi connectivity index (χ4n) is 3.41. The lowest BCUT2D eigenvalue weighted by Gasteiger charge is -2.08. The highest BCUT2D eigenvalue weighted by molar-refractivity contribution is 7.07. The molecule has 0 fully saturated rings. The monoisotopic (exact) mass is 365 g/mol. The van der Waals surface area contributed by atoms with Gasteiger partial charge in [-0.3, -0.25) is 14.2 Å². The molecule has 0 aliphatic carbocycles. The highest BCUT2D eigenvalue weighted by Gasteiger charge is 2.12. The van der Waals surface area contributed by atoms with E-state index in [4.69, 9.17) is 0 Å². The molecular weight excluding hydrogens is 346 g/mol. The molecular formula is C20H19N3O2S. The zero-order valence-electron chi connectivity index (χ0n) is 14.7. The van der Waals surface area contributed by atoms with Crippen LogP contribution in [-0.2, 0) is 17.9 Å². The maximum atomic E-state index is 12.4. The van der Waals surface area contributed by atoms with E-state index in [2.05, 4.69) is 28.9 Å². The van der Waals surface area contributed by atoms with Gasteiger partial charge in [0.1, 0.15) is 6.54 Å². The zero-order chi connectivity index (χ0) is 18.3. The number of carbonyl (C=O) groups is 1. The maximum Gasteiger partial charge on any atom is 0.307 e. The van der Waals surface area contributed by atoms with Gasteiger partial charge in [0.2, 0.25) is 5.91 Å². The number of fused-ring (bicyclic) bond motifs is 3. The fraction of sp³-hybridized carbons (Fsp3) is 0.200. The minimum absolute atomic E-state index is 0.0307. The quantitative estimate of drug-likeness (QED) is 0.595. The average Bonchev–Trinajstić information content (AvgIpc) is 3.13. The second kappa shape index (κ2) is 6.46. The second-order valence-electron chi connectivity index (χ2n) is 6.27. The van der Waals surface area contributed by atoms with E-state index in [0.29, 0.717) is 0 Å². The molecule has 0 aliphatic rings. The zero-order valence-corrected chi connectivity index (χ0v) is 15.5. The number of benzene rings is 2. The first-order chi connectivity index (χ1) is 12.6. The van der Waals surface area contributed by atoms with Crippen molar-refractivity contribution in [2.45, 2.75) is 26.9 Å². The Hall–Kier alpha value is -2.86. The van der Waals surface area contributed by atoms with Crippen molar-refractivity contribution in [2.75, 3.05) is 5.32 Å². The minimum atomic E-state index is -0.202. The summed E-state index contributed by atoms with van der Waals surface area (Å²) in [5.41, 5.74) is 3.88. The SMILES string of the molecule is CCn1c2ccccc2c2cc(NC(=O)Cn3c(C)csc3=O)ccc21. The van der Waals surface area contributed by atoms with E-state index in [9.17, 15) is 9.59 Å². The van der Waals surface area contributed by atoms with E-state index in [1.54, 1.807) is 5.38 Å². The van der Waals surface area contributed by atoms with Crippen molar-refractivity contribution in [1.29, 1.82) is 0 Å². The second-order valence-corrected chi connectivity index (χ2v) is 7.09. The number of hydrogen-bond donors (Lipinski definition) is 1. The molecule has 1 amide bonds. The van der Waals surface area contributed by atoms with Crippen molar-refractivity contribution in [3.63, 3.8) is 0 Å². The number of aryl methyl sites for hydroxylation is 2. The van der Waals surface area contributed by atoms with Crippen LogP contribution >= 0.6 is 11.3 Å². The first-order valence-corrected chi connectivity index (χ1v) is 9.42. The van der Waals surface area contributed by atoms with Gasteiger partial charge in [-0.05, 0) is 38.1 Å². The van der Waals surface area contributed by atoms with Crippen LogP contribution in [0.15, 0.2) is 52.6 Å². The largest absolute Gasteiger partial charge is 0.341 e. The smallest absolute Gasteiger partial charge is 0.307 e. The molecule has 0 aliphatic heterocycles. The average molecular weight is 365 g/mol. The van der Waals surface area contributed by atoms with E-state index >= 15 is 0 Å². The van der Waals surface area contributed by atoms with E-state index in [0.717, 1.165) is 40.2 Å². The summed E-state index contributed by atoms with van der Waals surface area (Å²) in [5, 5.41) is 6.97. The van der Waals surface area contributed by atoms with E-state index in [1.165, 1.54) is 15.5 Å². The minimum Gasteiger partial charge on any atom is -0.341 e. The van der Waals surface area contributed by atoms with E-state index in [1.807, 2.05) is 37.3 Å². The van der Waals surface area contributed by atoms with Crippen LogP contribution in [-0.4, -0.2) is 15.0 Å². The molecule has 1 N–H and O–H groups in total. The van der Waals surface area contributed by atoms with Gasteiger partial charge in [0.15, 0.2) is 0 Å². The summed E-state index contributed by atoms with van der Waals surface area (Å²) in [6.07, 6.45) is 0. The Morgan fingerprint density at radius 1 is 1.08 bits per heavy atom. The third kappa shape index (κ3) is 2.72. The summed E-state index contributed by atoms with van der Waals surface area (Å²) in [5.74, 6) is -0.202. The van der Waals surface area contributed by atoms with Crippen molar-refractivity contribution in [2.24, 2.45) is 0 Å². The Kier molecular flexibility index (Phi) is 4.12. The Bertz CT molecular complexity index is 1180. The molecule has 2 aromatic carbocycles. The van der Waals surface area contributed by atoms with Gasteiger partial charge in [0.05, 0.1) is 0 Å². The molecule has 0 saturated heterocycles. The molecule has 6 heteroatoms. The lowest BCUT2D eigenvalue weighted by Crippen LogP contribution is -2.25. The van der Waals surface area contributed by atoms with Crippen molar-refractivity contribution in [1.82, 2.24) is 9.13 Å². The number of nitrogens with zero attached hydrogens (tertiary/aromatic N) is 2. The lowest BCUT2D eigenvalue weighted by atomic mass is 10.1. The Labute approximate surface area is 154 Å². The number of para-hydroxylation sites is 1. The van der Waals surface area contributed by atoms with Crippen LogP contribution in [0.2, 0.25) is 0 Å². The van der Waals surface area contributed by atoms with Crippen molar-refractivity contribution in [3.8, 4) is 0 Å². The number of thiazole rings is 1. The first-order valence-electron chi connectivity index (χ1n) is 8.54. The van der Waals surface area contributed by atoms with Gasteiger partial charge in [-0.15, -0.1) is 0 Å². The maximum absolute atomic E-state index is 12.4. The molecule has 0 saturated carbocycles. The topological polar surface area (TPSA) is 56.0 Å². The van der Waals surface area contributed by atoms with Gasteiger partial charge in [-0.2, -0.15) is 0 Å². The van der Waals surface area contributed by atoms with Crippen LogP contribution in [0.25, 0.3) is 21.8 Å². The Balaban J connectivity index is 1.68. The molecule has 26 heavy (non-hydrogen) atoms. The van der Waals surface area contributed by atoms with Crippen molar-refractivity contribution < 1.29 is 4.79 Å². The molecule has 4 rings (SSSR count). The predicted octanol–water partition coefficient (Wildman–Crippen LogP) is 3.98. The highest BCUT2D eigenvalue weighted by atomic mass is 32.1. The third-order valence-electron chi connectivity index (χ3n) is 4.65. The summed E-state index contributed by atoms with van der Waals surface area (Å²) in [6.45, 7) is 4.87. The van der Waals surface area contributed by atoms with Crippen LogP contribution in [0.1, 0.15) is 12.6 Å². The molecule has 0 spiro atoms. The Morgan fingerprint density at radius 3 is 2.58 bits per heavy atom. The van der Waals surface area contributed by atoms with Gasteiger partial charge < -0.3 is 9.88 Å². The summed E-state index contributed by atoms with van der Waals surface area (Å²) in [4.78, 5) is 24.0. The van der Waals surface area contributed by atoms with Crippen LogP contribution in [0.5, 0.6) is 0 Å². The van der Waals surface area contributed by atoms with Crippen LogP contribution < -0.4 is 10.2 Å². The third-order valence-corrected chi connectivity index (χ3v) is 5.53. The number of rotatable bonds is 4. The molecule has 4 aromatic rings.